The van der Waals surface area contributed by atoms with Crippen molar-refractivity contribution in [3.63, 3.8) is 0 Å². The molecule has 23 heavy (non-hydrogen) atoms. The number of anilines is 1. The van der Waals surface area contributed by atoms with Crippen molar-refractivity contribution in [2.24, 2.45) is 5.41 Å². The molecule has 1 fully saturated rings. The summed E-state index contributed by atoms with van der Waals surface area (Å²) in [4.78, 5) is 26.2. The average molecular weight is 318 g/mol. The molecule has 0 unspecified atom stereocenters. The lowest BCUT2D eigenvalue weighted by atomic mass is 9.92. The molecule has 0 atom stereocenters. The monoisotopic (exact) mass is 318 g/mol. The zero-order valence-electron chi connectivity index (χ0n) is 14.2. The number of hydrogen-bond donors (Lipinski definition) is 1. The van der Waals surface area contributed by atoms with E-state index in [1.807, 2.05) is 45.0 Å². The first kappa shape index (κ1) is 17.5. The zero-order chi connectivity index (χ0) is 16.9. The molecule has 1 N–H and O–H groups in total. The minimum atomic E-state index is -0.0872. The third kappa shape index (κ3) is 5.67. The van der Waals surface area contributed by atoms with Gasteiger partial charge < -0.3 is 15.0 Å². The van der Waals surface area contributed by atoms with Gasteiger partial charge in [-0.05, 0) is 29.7 Å². The van der Waals surface area contributed by atoms with Crippen molar-refractivity contribution in [1.29, 1.82) is 0 Å². The molecule has 1 aliphatic heterocycles. The van der Waals surface area contributed by atoms with Crippen LogP contribution in [-0.2, 0) is 9.53 Å². The third-order valence-corrected chi connectivity index (χ3v) is 3.70. The molecule has 5 nitrogen and oxygen atoms in total. The Hall–Kier alpha value is -1.88. The number of morpholine rings is 1. The molecule has 0 bridgehead atoms. The molecule has 0 spiro atoms. The Morgan fingerprint density at radius 1 is 1.13 bits per heavy atom. The van der Waals surface area contributed by atoms with Crippen LogP contribution in [0, 0.1) is 5.41 Å². The predicted octanol–water partition coefficient (Wildman–Crippen LogP) is 2.26. The van der Waals surface area contributed by atoms with Gasteiger partial charge in [0.2, 0.25) is 5.91 Å². The van der Waals surface area contributed by atoms with E-state index in [4.69, 9.17) is 4.74 Å². The Morgan fingerprint density at radius 2 is 1.74 bits per heavy atom. The summed E-state index contributed by atoms with van der Waals surface area (Å²) >= 11 is 0. The topological polar surface area (TPSA) is 58.6 Å². The summed E-state index contributed by atoms with van der Waals surface area (Å²) in [5.41, 5.74) is 1.65. The summed E-state index contributed by atoms with van der Waals surface area (Å²) in [6, 6.07) is 7.55. The highest BCUT2D eigenvalue weighted by molar-refractivity contribution is 5.99. The maximum absolute atomic E-state index is 12.2. The molecule has 2 rings (SSSR count). The smallest absolute Gasteiger partial charge is 0.220 e. The van der Waals surface area contributed by atoms with Crippen LogP contribution in [0.5, 0.6) is 0 Å². The first-order valence-electron chi connectivity index (χ1n) is 8.08. The van der Waals surface area contributed by atoms with Gasteiger partial charge in [-0.25, -0.2) is 0 Å². The third-order valence-electron chi connectivity index (χ3n) is 3.70. The summed E-state index contributed by atoms with van der Waals surface area (Å²) in [5.74, 6) is -0.156. The second-order valence-electron chi connectivity index (χ2n) is 7.08. The van der Waals surface area contributed by atoms with Gasteiger partial charge in [-0.2, -0.15) is 0 Å². The molecular weight excluding hydrogens is 292 g/mol. The van der Waals surface area contributed by atoms with Gasteiger partial charge in [0.1, 0.15) is 0 Å². The standard InChI is InChI=1S/C18H26N2O3/c1-18(2,3)12-17(22)19-13-16(21)14-4-6-15(7-5-14)20-8-10-23-11-9-20/h4-7H,8-13H2,1-3H3,(H,19,22). The van der Waals surface area contributed by atoms with Crippen LogP contribution in [-0.4, -0.2) is 44.5 Å². The van der Waals surface area contributed by atoms with Crippen molar-refractivity contribution in [2.75, 3.05) is 37.7 Å². The van der Waals surface area contributed by atoms with Gasteiger partial charge in [-0.15, -0.1) is 0 Å². The largest absolute Gasteiger partial charge is 0.378 e. The molecule has 1 aromatic carbocycles. The number of nitrogens with one attached hydrogen (secondary N) is 1. The SMILES string of the molecule is CC(C)(C)CC(=O)NCC(=O)c1ccc(N2CCOCC2)cc1. The molecule has 126 valence electrons. The van der Waals surface area contributed by atoms with E-state index < -0.39 is 0 Å². The molecule has 0 saturated carbocycles. The number of rotatable bonds is 5. The number of benzene rings is 1. The highest BCUT2D eigenvalue weighted by atomic mass is 16.5. The average Bonchev–Trinajstić information content (AvgIpc) is 2.52. The van der Waals surface area contributed by atoms with E-state index in [1.165, 1.54) is 0 Å². The van der Waals surface area contributed by atoms with Gasteiger partial charge >= 0.3 is 0 Å². The normalized spacial score (nSPS) is 15.3. The number of hydrogen-bond acceptors (Lipinski definition) is 4. The molecule has 0 radical (unpaired) electrons. The number of ketones is 1. The van der Waals surface area contributed by atoms with Crippen LogP contribution in [0.15, 0.2) is 24.3 Å². The van der Waals surface area contributed by atoms with E-state index in [-0.39, 0.29) is 23.7 Å². The molecule has 1 heterocycles. The van der Waals surface area contributed by atoms with Gasteiger partial charge in [0.05, 0.1) is 19.8 Å². The second kappa shape index (κ2) is 7.59. The maximum atomic E-state index is 12.2. The van der Waals surface area contributed by atoms with Crippen LogP contribution in [0.2, 0.25) is 0 Å². The van der Waals surface area contributed by atoms with Gasteiger partial charge in [-0.1, -0.05) is 20.8 Å². The Balaban J connectivity index is 1.86. The molecule has 5 heteroatoms. The highest BCUT2D eigenvalue weighted by Crippen LogP contribution is 2.18. The summed E-state index contributed by atoms with van der Waals surface area (Å²) in [5, 5.41) is 2.70. The molecule has 0 aliphatic carbocycles. The van der Waals surface area contributed by atoms with Crippen molar-refractivity contribution in [1.82, 2.24) is 5.32 Å². The fourth-order valence-electron chi connectivity index (χ4n) is 2.50. The van der Waals surface area contributed by atoms with Crippen LogP contribution < -0.4 is 10.2 Å². The van der Waals surface area contributed by atoms with Crippen LogP contribution in [0.1, 0.15) is 37.6 Å². The van der Waals surface area contributed by atoms with E-state index >= 15 is 0 Å². The minimum absolute atomic E-state index is 0.0474. The van der Waals surface area contributed by atoms with Gasteiger partial charge in [0.25, 0.3) is 0 Å². The Kier molecular flexibility index (Phi) is 5.77. The van der Waals surface area contributed by atoms with E-state index in [0.29, 0.717) is 12.0 Å². The fourth-order valence-corrected chi connectivity index (χ4v) is 2.50. The number of amides is 1. The van der Waals surface area contributed by atoms with Crippen molar-refractivity contribution >= 4 is 17.4 Å². The first-order valence-corrected chi connectivity index (χ1v) is 8.08. The van der Waals surface area contributed by atoms with Crippen molar-refractivity contribution < 1.29 is 14.3 Å². The molecule has 1 amide bonds. The van der Waals surface area contributed by atoms with Crippen molar-refractivity contribution in [3.05, 3.63) is 29.8 Å². The second-order valence-corrected chi connectivity index (χ2v) is 7.08. The molecule has 1 aliphatic rings. The zero-order valence-corrected chi connectivity index (χ0v) is 14.2. The quantitative estimate of drug-likeness (QED) is 0.846. The summed E-state index contributed by atoms with van der Waals surface area (Å²) in [6.07, 6.45) is 0.413. The summed E-state index contributed by atoms with van der Waals surface area (Å²) in [6.45, 7) is 9.26. The Bertz CT molecular complexity index is 540. The lowest BCUT2D eigenvalue weighted by Crippen LogP contribution is -2.36. The van der Waals surface area contributed by atoms with Gasteiger partial charge in [0.15, 0.2) is 5.78 Å². The number of carbonyl (C=O) groups excluding carboxylic acids is 2. The van der Waals surface area contributed by atoms with Crippen molar-refractivity contribution in [3.8, 4) is 0 Å². The fraction of sp³-hybridized carbons (Fsp3) is 0.556. The molecule has 0 aromatic heterocycles. The van der Waals surface area contributed by atoms with Crippen LogP contribution >= 0.6 is 0 Å². The van der Waals surface area contributed by atoms with E-state index in [2.05, 4.69) is 10.2 Å². The van der Waals surface area contributed by atoms with Gasteiger partial charge in [-0.3, -0.25) is 9.59 Å². The minimum Gasteiger partial charge on any atom is -0.378 e. The van der Waals surface area contributed by atoms with Crippen LogP contribution in [0.25, 0.3) is 0 Å². The molecule has 1 saturated heterocycles. The van der Waals surface area contributed by atoms with E-state index in [1.54, 1.807) is 0 Å². The maximum Gasteiger partial charge on any atom is 0.220 e. The van der Waals surface area contributed by atoms with E-state index in [0.717, 1.165) is 32.0 Å². The first-order chi connectivity index (χ1) is 10.8. The van der Waals surface area contributed by atoms with Crippen molar-refractivity contribution in [2.45, 2.75) is 27.2 Å². The van der Waals surface area contributed by atoms with Gasteiger partial charge in [0, 0.05) is 30.8 Å². The Labute approximate surface area is 138 Å². The predicted molar refractivity (Wildman–Crippen MR) is 90.9 cm³/mol. The number of Topliss-reactive ketones (excluding diaryl/α,β-unsaturated/α-hetero) is 1. The van der Waals surface area contributed by atoms with Crippen LogP contribution in [0.4, 0.5) is 5.69 Å². The number of nitrogens with zero attached hydrogens (tertiary/aromatic N) is 1. The van der Waals surface area contributed by atoms with Crippen LogP contribution in [0.3, 0.4) is 0 Å². The summed E-state index contributed by atoms with van der Waals surface area (Å²) in [7, 11) is 0. The Morgan fingerprint density at radius 3 is 2.30 bits per heavy atom. The highest BCUT2D eigenvalue weighted by Gasteiger charge is 2.17. The lowest BCUT2D eigenvalue weighted by Gasteiger charge is -2.28. The molecule has 1 aromatic rings. The van der Waals surface area contributed by atoms with E-state index in [9.17, 15) is 9.59 Å². The molecular formula is C18H26N2O3. The number of ether oxygens (including phenoxy) is 1. The summed E-state index contributed by atoms with van der Waals surface area (Å²) < 4.78 is 5.34. The lowest BCUT2D eigenvalue weighted by molar-refractivity contribution is -0.122. The number of carbonyl (C=O) groups is 2.